The molecule has 0 atom stereocenters. The van der Waals surface area contributed by atoms with Gasteiger partial charge >= 0.3 is 6.09 Å². The number of likely N-dealkylation sites (tertiary alicyclic amines) is 1. The van der Waals surface area contributed by atoms with E-state index in [2.05, 4.69) is 31.2 Å². The van der Waals surface area contributed by atoms with Crippen molar-refractivity contribution in [2.24, 2.45) is 0 Å². The van der Waals surface area contributed by atoms with E-state index in [0.29, 0.717) is 29.0 Å². The first kappa shape index (κ1) is 18.8. The van der Waals surface area contributed by atoms with Crippen LogP contribution in [0.15, 0.2) is 22.8 Å². The number of hydrogen-bond donors (Lipinski definition) is 1. The lowest BCUT2D eigenvalue weighted by molar-refractivity contribution is 0.0210. The molecule has 140 valence electrons. The lowest BCUT2D eigenvalue weighted by Crippen LogP contribution is -2.44. The Labute approximate surface area is 160 Å². The largest absolute Gasteiger partial charge is 0.444 e. The number of aromatic nitrogens is 2. The number of nitrogens with one attached hydrogen (secondary N) is 1. The molecule has 8 heteroatoms. The van der Waals surface area contributed by atoms with Gasteiger partial charge in [0.15, 0.2) is 0 Å². The van der Waals surface area contributed by atoms with E-state index < -0.39 is 5.60 Å². The Balaban J connectivity index is 1.60. The van der Waals surface area contributed by atoms with Crippen LogP contribution in [0.1, 0.15) is 33.6 Å². The molecule has 1 amide bonds. The van der Waals surface area contributed by atoms with E-state index in [0.717, 1.165) is 18.2 Å². The summed E-state index contributed by atoms with van der Waals surface area (Å²) in [7, 11) is 0. The van der Waals surface area contributed by atoms with E-state index in [1.807, 2.05) is 20.8 Å². The fourth-order valence-electron chi connectivity index (χ4n) is 2.81. The molecule has 0 aliphatic carbocycles. The summed E-state index contributed by atoms with van der Waals surface area (Å²) in [5.41, 5.74) is 0.0597. The van der Waals surface area contributed by atoms with Crippen LogP contribution >= 0.6 is 15.9 Å². The van der Waals surface area contributed by atoms with Crippen molar-refractivity contribution in [1.82, 2.24) is 14.9 Å². The van der Waals surface area contributed by atoms with Crippen LogP contribution in [-0.4, -0.2) is 45.7 Å². The van der Waals surface area contributed by atoms with Gasteiger partial charge in [-0.25, -0.2) is 19.2 Å². The van der Waals surface area contributed by atoms with Crippen LogP contribution in [0.5, 0.6) is 0 Å². The van der Waals surface area contributed by atoms with E-state index in [1.54, 1.807) is 17.2 Å². The van der Waals surface area contributed by atoms with Crippen LogP contribution in [0.4, 0.5) is 15.1 Å². The number of halogens is 2. The highest BCUT2D eigenvalue weighted by Crippen LogP contribution is 2.23. The molecule has 26 heavy (non-hydrogen) atoms. The maximum Gasteiger partial charge on any atom is 0.410 e. The van der Waals surface area contributed by atoms with Gasteiger partial charge in [0.1, 0.15) is 11.4 Å². The second-order valence-electron chi connectivity index (χ2n) is 7.40. The number of carbonyl (C=O) groups is 1. The molecular weight excluding hydrogens is 403 g/mol. The van der Waals surface area contributed by atoms with Crippen LogP contribution in [0.2, 0.25) is 0 Å². The van der Waals surface area contributed by atoms with Crippen molar-refractivity contribution < 1.29 is 13.9 Å². The van der Waals surface area contributed by atoms with Gasteiger partial charge in [-0.15, -0.1) is 0 Å². The normalized spacial score (nSPS) is 16.0. The van der Waals surface area contributed by atoms with Gasteiger partial charge in [-0.2, -0.15) is 0 Å². The first-order chi connectivity index (χ1) is 12.2. The topological polar surface area (TPSA) is 67.3 Å². The van der Waals surface area contributed by atoms with Crippen molar-refractivity contribution in [3.05, 3.63) is 28.6 Å². The molecule has 1 aliphatic rings. The number of nitrogens with zero attached hydrogens (tertiary/aromatic N) is 3. The molecule has 0 radical (unpaired) electrons. The molecule has 3 rings (SSSR count). The van der Waals surface area contributed by atoms with Crippen LogP contribution in [0.25, 0.3) is 10.9 Å². The highest BCUT2D eigenvalue weighted by Gasteiger charge is 2.27. The second-order valence-corrected chi connectivity index (χ2v) is 8.26. The third-order valence-corrected chi connectivity index (χ3v) is 4.71. The predicted octanol–water partition coefficient (Wildman–Crippen LogP) is 4.34. The minimum absolute atomic E-state index is 0.159. The van der Waals surface area contributed by atoms with Gasteiger partial charge in [0.05, 0.1) is 9.99 Å². The molecule has 1 aromatic carbocycles. The zero-order valence-electron chi connectivity index (χ0n) is 15.1. The maximum atomic E-state index is 13.7. The lowest BCUT2D eigenvalue weighted by atomic mass is 10.1. The standard InChI is InChI=1S/C18H22BrFN4O2/c1-18(2,3)26-17(25)24-6-4-12(5-7-24)22-16-21-10-11-8-13(19)14(20)9-15(11)23-16/h8-10,12H,4-7H2,1-3H3,(H,21,22,23). The van der Waals surface area contributed by atoms with Gasteiger partial charge in [-0.3, -0.25) is 0 Å². The Morgan fingerprint density at radius 3 is 2.69 bits per heavy atom. The molecule has 0 spiro atoms. The van der Waals surface area contributed by atoms with E-state index in [4.69, 9.17) is 4.74 Å². The minimum Gasteiger partial charge on any atom is -0.444 e. The van der Waals surface area contributed by atoms with E-state index >= 15 is 0 Å². The van der Waals surface area contributed by atoms with Crippen molar-refractivity contribution >= 4 is 38.9 Å². The fourth-order valence-corrected chi connectivity index (χ4v) is 3.17. The summed E-state index contributed by atoms with van der Waals surface area (Å²) in [6.07, 6.45) is 2.94. The molecule has 1 saturated heterocycles. The van der Waals surface area contributed by atoms with Crippen LogP contribution < -0.4 is 5.32 Å². The summed E-state index contributed by atoms with van der Waals surface area (Å²) in [6, 6.07) is 3.21. The van der Waals surface area contributed by atoms with Crippen LogP contribution in [-0.2, 0) is 4.74 Å². The summed E-state index contributed by atoms with van der Waals surface area (Å²) in [5.74, 6) is 0.114. The average Bonchev–Trinajstić information content (AvgIpc) is 2.55. The number of carbonyl (C=O) groups excluding carboxylic acids is 1. The number of hydrogen-bond acceptors (Lipinski definition) is 5. The van der Waals surface area contributed by atoms with Gasteiger partial charge in [-0.1, -0.05) is 0 Å². The monoisotopic (exact) mass is 424 g/mol. The molecule has 0 unspecified atom stereocenters. The van der Waals surface area contributed by atoms with Gasteiger partial charge in [0.25, 0.3) is 0 Å². The molecule has 6 nitrogen and oxygen atoms in total. The molecule has 2 heterocycles. The molecule has 1 N–H and O–H groups in total. The van der Waals surface area contributed by atoms with E-state index in [-0.39, 0.29) is 18.0 Å². The molecule has 1 fully saturated rings. The number of amides is 1. The maximum absolute atomic E-state index is 13.7. The number of anilines is 1. The van der Waals surface area contributed by atoms with Crippen LogP contribution in [0, 0.1) is 5.82 Å². The van der Waals surface area contributed by atoms with Crippen molar-refractivity contribution in [3.63, 3.8) is 0 Å². The summed E-state index contributed by atoms with van der Waals surface area (Å²) < 4.78 is 19.5. The highest BCUT2D eigenvalue weighted by atomic mass is 79.9. The van der Waals surface area contributed by atoms with Crippen molar-refractivity contribution in [2.45, 2.75) is 45.3 Å². The first-order valence-corrected chi connectivity index (χ1v) is 9.37. The Morgan fingerprint density at radius 2 is 2.04 bits per heavy atom. The van der Waals surface area contributed by atoms with Crippen molar-refractivity contribution in [3.8, 4) is 0 Å². The third kappa shape index (κ3) is 4.60. The average molecular weight is 425 g/mol. The smallest absolute Gasteiger partial charge is 0.410 e. The van der Waals surface area contributed by atoms with Gasteiger partial charge in [0, 0.05) is 36.8 Å². The highest BCUT2D eigenvalue weighted by molar-refractivity contribution is 9.10. The first-order valence-electron chi connectivity index (χ1n) is 8.57. The zero-order valence-corrected chi connectivity index (χ0v) is 16.6. The molecule has 0 saturated carbocycles. The minimum atomic E-state index is -0.491. The quantitative estimate of drug-likeness (QED) is 0.776. The van der Waals surface area contributed by atoms with Crippen LogP contribution in [0.3, 0.4) is 0 Å². The molecule has 1 aromatic heterocycles. The molecule has 1 aliphatic heterocycles. The summed E-state index contributed by atoms with van der Waals surface area (Å²) in [6.45, 7) is 6.80. The second kappa shape index (κ2) is 7.34. The number of piperidine rings is 1. The zero-order chi connectivity index (χ0) is 18.9. The van der Waals surface area contributed by atoms with E-state index in [9.17, 15) is 9.18 Å². The van der Waals surface area contributed by atoms with E-state index in [1.165, 1.54) is 6.07 Å². The number of fused-ring (bicyclic) bond motifs is 1. The number of benzene rings is 1. The summed E-state index contributed by atoms with van der Waals surface area (Å²) in [5, 5.41) is 4.05. The van der Waals surface area contributed by atoms with Crippen molar-refractivity contribution in [1.29, 1.82) is 0 Å². The SMILES string of the molecule is CC(C)(C)OC(=O)N1CCC(Nc2ncc3cc(Br)c(F)cc3n2)CC1. The van der Waals surface area contributed by atoms with Gasteiger partial charge < -0.3 is 15.0 Å². The Hall–Kier alpha value is -1.96. The number of ether oxygens (including phenoxy) is 1. The molecular formula is C18H22BrFN4O2. The number of rotatable bonds is 2. The third-order valence-electron chi connectivity index (χ3n) is 4.10. The Morgan fingerprint density at radius 1 is 1.35 bits per heavy atom. The summed E-state index contributed by atoms with van der Waals surface area (Å²) in [4.78, 5) is 22.5. The Kier molecular flexibility index (Phi) is 5.32. The van der Waals surface area contributed by atoms with Gasteiger partial charge in [-0.05, 0) is 55.6 Å². The summed E-state index contributed by atoms with van der Waals surface area (Å²) >= 11 is 3.16. The lowest BCUT2D eigenvalue weighted by Gasteiger charge is -2.33. The molecule has 2 aromatic rings. The van der Waals surface area contributed by atoms with Gasteiger partial charge in [0.2, 0.25) is 5.95 Å². The molecule has 0 bridgehead atoms. The Bertz CT molecular complexity index is 817. The fraction of sp³-hybridized carbons (Fsp3) is 0.500. The predicted molar refractivity (Wildman–Crippen MR) is 102 cm³/mol. The van der Waals surface area contributed by atoms with Crippen molar-refractivity contribution in [2.75, 3.05) is 18.4 Å².